The van der Waals surface area contributed by atoms with Crippen LogP contribution in [0.25, 0.3) is 22.1 Å². The van der Waals surface area contributed by atoms with Gasteiger partial charge >= 0.3 is 0 Å². The number of allylic oxidation sites excluding steroid dienone is 2. The smallest absolute Gasteiger partial charge is 0.276 e. The number of anilines is 2. The Bertz CT molecular complexity index is 2240. The maximum absolute atomic E-state index is 13.6. The van der Waals surface area contributed by atoms with Gasteiger partial charge in [-0.25, -0.2) is 9.97 Å². The zero-order valence-electron chi connectivity index (χ0n) is 30.8. The number of nitrogens with zero attached hydrogens (tertiary/aromatic N) is 7. The lowest BCUT2D eigenvalue weighted by Crippen LogP contribution is -2.36. The number of aromatic nitrogens is 6. The number of ether oxygens (including phenoxy) is 3. The molecule has 6 N–H and O–H groups in total. The minimum atomic E-state index is -0.641. The van der Waals surface area contributed by atoms with Crippen LogP contribution in [-0.2, 0) is 24.4 Å². The molecule has 0 aliphatic carbocycles. The van der Waals surface area contributed by atoms with E-state index in [2.05, 4.69) is 25.6 Å². The second kappa shape index (κ2) is 16.6. The number of hydrogen-bond acceptors (Lipinski definition) is 11. The average Bonchev–Trinajstić information content (AvgIpc) is 3.85. The van der Waals surface area contributed by atoms with E-state index in [0.29, 0.717) is 77.2 Å². The van der Waals surface area contributed by atoms with Gasteiger partial charge in [0, 0.05) is 57.4 Å². The fraction of sp³-hybridized carbons (Fsp3) is 0.351. The molecule has 3 amide bonds. The number of rotatable bonds is 16. The molecule has 4 heterocycles. The normalized spacial score (nSPS) is 13.7. The summed E-state index contributed by atoms with van der Waals surface area (Å²) >= 11 is 0. The molecule has 3 aromatic heterocycles. The number of hydrogen-bond donors (Lipinski definition) is 4. The lowest BCUT2D eigenvalue weighted by molar-refractivity contribution is 0.0434. The van der Waals surface area contributed by atoms with Crippen LogP contribution in [0.5, 0.6) is 11.5 Å². The van der Waals surface area contributed by atoms with Crippen LogP contribution >= 0.6 is 0 Å². The third-order valence-electron chi connectivity index (χ3n) is 9.00. The predicted molar refractivity (Wildman–Crippen MR) is 204 cm³/mol. The fourth-order valence-electron chi connectivity index (χ4n) is 6.36. The van der Waals surface area contributed by atoms with Crippen LogP contribution in [0.3, 0.4) is 0 Å². The summed E-state index contributed by atoms with van der Waals surface area (Å²) in [6.45, 7) is 8.98. The van der Waals surface area contributed by atoms with Crippen LogP contribution in [0.15, 0.2) is 54.6 Å². The molecule has 6 rings (SSSR count). The largest absolute Gasteiger partial charge is 0.494 e. The highest BCUT2D eigenvalue weighted by molar-refractivity contribution is 6.04. The van der Waals surface area contributed by atoms with Crippen molar-refractivity contribution < 1.29 is 28.6 Å². The first kappa shape index (κ1) is 37.6. The SMILES string of the molecule is CCn1nc(C)cc1C(=O)Nc1nc2cc(C(N)=O)cc(OC/C=C\CN3CCOCC3)c2n1C/C=C/Cn1c(NC)nc2cc(C(N)=O)cc(OC)c21. The number of primary amides is 2. The van der Waals surface area contributed by atoms with Gasteiger partial charge in [-0.1, -0.05) is 24.3 Å². The molecule has 0 atom stereocenters. The van der Waals surface area contributed by atoms with Gasteiger partial charge in [-0.15, -0.1) is 0 Å². The first-order valence-electron chi connectivity index (χ1n) is 17.6. The Morgan fingerprint density at radius 2 is 1.44 bits per heavy atom. The van der Waals surface area contributed by atoms with Gasteiger partial charge in [-0.2, -0.15) is 5.10 Å². The summed E-state index contributed by atoms with van der Waals surface area (Å²) in [7, 11) is 3.27. The van der Waals surface area contributed by atoms with Gasteiger partial charge in [0.15, 0.2) is 0 Å². The fourth-order valence-corrected chi connectivity index (χ4v) is 6.36. The van der Waals surface area contributed by atoms with E-state index >= 15 is 0 Å². The summed E-state index contributed by atoms with van der Waals surface area (Å²) in [5.41, 5.74) is 15.0. The number of nitrogens with two attached hydrogens (primary N) is 2. The summed E-state index contributed by atoms with van der Waals surface area (Å²) in [6, 6.07) is 8.10. The number of morpholine rings is 1. The molecule has 284 valence electrons. The van der Waals surface area contributed by atoms with Crippen LogP contribution in [0.1, 0.15) is 43.8 Å². The molecule has 0 unspecified atom stereocenters. The monoisotopic (exact) mass is 739 g/mol. The van der Waals surface area contributed by atoms with E-state index in [1.54, 1.807) is 42.1 Å². The number of nitrogens with one attached hydrogen (secondary N) is 2. The number of methoxy groups -OCH3 is 1. The van der Waals surface area contributed by atoms with Crippen LogP contribution in [0.2, 0.25) is 0 Å². The number of imidazole rings is 2. The maximum atomic E-state index is 13.6. The van der Waals surface area contributed by atoms with Crippen molar-refractivity contribution in [2.24, 2.45) is 11.5 Å². The first-order chi connectivity index (χ1) is 26.1. The highest BCUT2D eigenvalue weighted by Crippen LogP contribution is 2.33. The molecule has 17 heteroatoms. The number of carbonyl (C=O) groups excluding carboxylic acids is 3. The third-order valence-corrected chi connectivity index (χ3v) is 9.00. The van der Waals surface area contributed by atoms with Crippen LogP contribution in [-0.4, -0.2) is 105 Å². The summed E-state index contributed by atoms with van der Waals surface area (Å²) in [5, 5.41) is 10.5. The van der Waals surface area contributed by atoms with Crippen molar-refractivity contribution in [2.45, 2.75) is 33.5 Å². The van der Waals surface area contributed by atoms with Crippen LogP contribution < -0.4 is 31.6 Å². The van der Waals surface area contributed by atoms with E-state index in [1.807, 2.05) is 47.3 Å². The quantitative estimate of drug-likeness (QED) is 0.108. The average molecular weight is 740 g/mol. The summed E-state index contributed by atoms with van der Waals surface area (Å²) in [6.07, 6.45) is 7.81. The van der Waals surface area contributed by atoms with Crippen molar-refractivity contribution in [1.29, 1.82) is 0 Å². The molecule has 5 aromatic rings. The number of fused-ring (bicyclic) bond motifs is 2. The van der Waals surface area contributed by atoms with E-state index in [1.165, 1.54) is 7.11 Å². The molecule has 0 spiro atoms. The standard InChI is InChI=1S/C37H45N11O6/c1-5-48-28(18-23(2)44-48)35(51)43-37-42-27-20-25(34(39)50)22-30(54-15-9-8-10-45-13-16-53-17-14-45)32(27)47(37)12-7-6-11-46-31-26(41-36(46)40-3)19-24(33(38)49)21-29(31)52-4/h6-9,18-22H,5,10-17H2,1-4H3,(H2,38,49)(H2,39,50)(H,40,41)(H,42,43,51)/b7-6+,9-8-. The molecule has 1 fully saturated rings. The molecule has 1 aliphatic heterocycles. The van der Waals surface area contributed by atoms with Crippen molar-refractivity contribution in [1.82, 2.24) is 33.8 Å². The molecule has 0 bridgehead atoms. The van der Waals surface area contributed by atoms with Gasteiger partial charge < -0.3 is 40.1 Å². The van der Waals surface area contributed by atoms with E-state index in [0.717, 1.165) is 19.6 Å². The first-order valence-corrected chi connectivity index (χ1v) is 17.6. The second-order valence-corrected chi connectivity index (χ2v) is 12.6. The Kier molecular flexibility index (Phi) is 11.6. The molecule has 2 aromatic carbocycles. The second-order valence-electron chi connectivity index (χ2n) is 12.6. The van der Waals surface area contributed by atoms with Gasteiger partial charge in [0.2, 0.25) is 23.7 Å². The minimum Gasteiger partial charge on any atom is -0.494 e. The Balaban J connectivity index is 1.34. The van der Waals surface area contributed by atoms with Gasteiger partial charge in [0.05, 0.1) is 37.1 Å². The molecular weight excluding hydrogens is 694 g/mol. The van der Waals surface area contributed by atoms with Crippen molar-refractivity contribution in [2.75, 3.05) is 64.2 Å². The molecule has 0 radical (unpaired) electrons. The Morgan fingerprint density at radius 1 is 0.852 bits per heavy atom. The Hall–Kier alpha value is -6.20. The minimum absolute atomic E-state index is 0.215. The van der Waals surface area contributed by atoms with Gasteiger partial charge in [0.25, 0.3) is 5.91 Å². The number of benzene rings is 2. The number of amides is 3. The zero-order valence-corrected chi connectivity index (χ0v) is 30.8. The number of aryl methyl sites for hydroxylation is 2. The van der Waals surface area contributed by atoms with Gasteiger partial charge in [0.1, 0.15) is 34.8 Å². The third kappa shape index (κ3) is 8.06. The van der Waals surface area contributed by atoms with E-state index in [4.69, 9.17) is 30.7 Å². The molecule has 1 aliphatic rings. The van der Waals surface area contributed by atoms with Gasteiger partial charge in [-0.05, 0) is 44.2 Å². The number of carbonyl (C=O) groups is 3. The summed E-state index contributed by atoms with van der Waals surface area (Å²) < 4.78 is 22.7. The Morgan fingerprint density at radius 3 is 2.06 bits per heavy atom. The molecule has 17 nitrogen and oxygen atoms in total. The van der Waals surface area contributed by atoms with Crippen molar-refractivity contribution >= 4 is 51.7 Å². The zero-order chi connectivity index (χ0) is 38.4. The highest BCUT2D eigenvalue weighted by atomic mass is 16.5. The summed E-state index contributed by atoms with van der Waals surface area (Å²) in [5.74, 6) is -0.0143. The summed E-state index contributed by atoms with van der Waals surface area (Å²) in [4.78, 5) is 49.7. The van der Waals surface area contributed by atoms with Crippen LogP contribution in [0.4, 0.5) is 11.9 Å². The molecule has 1 saturated heterocycles. The van der Waals surface area contributed by atoms with Crippen molar-refractivity contribution in [3.8, 4) is 11.5 Å². The lowest BCUT2D eigenvalue weighted by atomic mass is 10.1. The van der Waals surface area contributed by atoms with Crippen molar-refractivity contribution in [3.05, 3.63) is 77.2 Å². The highest BCUT2D eigenvalue weighted by Gasteiger charge is 2.22. The molecular formula is C37H45N11O6. The van der Waals surface area contributed by atoms with Crippen LogP contribution in [0, 0.1) is 6.92 Å². The topological polar surface area (TPSA) is 212 Å². The van der Waals surface area contributed by atoms with Gasteiger partial charge in [-0.3, -0.25) is 29.3 Å². The predicted octanol–water partition coefficient (Wildman–Crippen LogP) is 2.93. The maximum Gasteiger partial charge on any atom is 0.276 e. The molecule has 54 heavy (non-hydrogen) atoms. The van der Waals surface area contributed by atoms with E-state index in [-0.39, 0.29) is 30.2 Å². The molecule has 0 saturated carbocycles. The Labute approximate surface area is 311 Å². The lowest BCUT2D eigenvalue weighted by Gasteiger charge is -2.25. The van der Waals surface area contributed by atoms with E-state index < -0.39 is 17.7 Å². The van der Waals surface area contributed by atoms with E-state index in [9.17, 15) is 14.4 Å². The van der Waals surface area contributed by atoms with Crippen molar-refractivity contribution in [3.63, 3.8) is 0 Å².